The standard InChI is InChI=1S/C40H45N7O6/c1-7-27-23(3)31-19-32-25(5)29(9-11-39(48)49)37(45-32)22-38-30(10-12-40(50)53-18-17-52-16-15-51-14-13-42-47-41)26(6)34(46-38)21-36-28(8-2)24(4)33(44-36)20-35(27)43-31/h7-8,19-22,43-44H,1-2,9-18H2,3-6H3,(H,48,49). The van der Waals surface area contributed by atoms with Crippen molar-refractivity contribution in [2.24, 2.45) is 5.11 Å². The second-order valence-corrected chi connectivity index (χ2v) is 12.7. The van der Waals surface area contributed by atoms with Crippen molar-refractivity contribution >= 4 is 68.4 Å². The van der Waals surface area contributed by atoms with Gasteiger partial charge in [0.2, 0.25) is 0 Å². The van der Waals surface area contributed by atoms with E-state index in [2.05, 4.69) is 39.2 Å². The number of nitrogens with zero attached hydrogens (tertiary/aromatic N) is 5. The molecule has 0 atom stereocenters. The van der Waals surface area contributed by atoms with Crippen molar-refractivity contribution in [2.75, 3.05) is 39.6 Å². The van der Waals surface area contributed by atoms with E-state index in [9.17, 15) is 14.7 Å². The number of fused-ring (bicyclic) bond motifs is 8. The average molecular weight is 720 g/mol. The van der Waals surface area contributed by atoms with Gasteiger partial charge < -0.3 is 29.3 Å². The van der Waals surface area contributed by atoms with E-state index in [-0.39, 0.29) is 38.6 Å². The Morgan fingerprint density at radius 2 is 1.26 bits per heavy atom. The van der Waals surface area contributed by atoms with E-state index in [1.165, 1.54) is 0 Å². The van der Waals surface area contributed by atoms with Gasteiger partial charge in [-0.1, -0.05) is 30.4 Å². The fraction of sp³-hybridized carbons (Fsp3) is 0.350. The zero-order valence-corrected chi connectivity index (χ0v) is 30.7. The van der Waals surface area contributed by atoms with Gasteiger partial charge in [-0.2, -0.15) is 0 Å². The maximum absolute atomic E-state index is 12.9. The predicted molar refractivity (Wildman–Crippen MR) is 208 cm³/mol. The maximum atomic E-state index is 12.9. The SMILES string of the molecule is C=Cc1c(C)c2cc3[nH]c(cc4nc(cc5nc(cc1[nH]2)C(C)=C5CCC(=O)OCCOCCOCCN=[N+]=[N-])C(CCC(=O)O)=C4C)c(C)c3C=C. The molecule has 3 aromatic heterocycles. The van der Waals surface area contributed by atoms with Gasteiger partial charge in [-0.15, -0.1) is 0 Å². The molecule has 0 amide bonds. The Balaban J connectivity index is 1.53. The molecule has 13 heteroatoms. The number of carboxylic acid groups (broad SMARTS) is 1. The van der Waals surface area contributed by atoms with Crippen LogP contribution in [0.2, 0.25) is 0 Å². The number of carboxylic acids is 1. The molecule has 5 heterocycles. The summed E-state index contributed by atoms with van der Waals surface area (Å²) in [6, 6.07) is 7.95. The summed E-state index contributed by atoms with van der Waals surface area (Å²) in [6.07, 6.45) is 4.40. The van der Waals surface area contributed by atoms with Gasteiger partial charge in [-0.05, 0) is 104 Å². The molecule has 0 radical (unpaired) electrons. The van der Waals surface area contributed by atoms with Crippen molar-refractivity contribution in [1.82, 2.24) is 19.9 Å². The van der Waals surface area contributed by atoms with Gasteiger partial charge in [0, 0.05) is 57.5 Å². The molecule has 0 aromatic carbocycles. The largest absolute Gasteiger partial charge is 0.481 e. The van der Waals surface area contributed by atoms with Crippen LogP contribution in [0.3, 0.4) is 0 Å². The summed E-state index contributed by atoms with van der Waals surface area (Å²) in [4.78, 5) is 44.4. The number of aryl methyl sites for hydroxylation is 2. The molecule has 2 aliphatic heterocycles. The minimum absolute atomic E-state index is 0.0496. The molecule has 0 saturated heterocycles. The fourth-order valence-electron chi connectivity index (χ4n) is 6.52. The molecule has 0 fully saturated rings. The van der Waals surface area contributed by atoms with Crippen LogP contribution in [0.15, 0.2) is 42.5 Å². The molecule has 5 rings (SSSR count). The summed E-state index contributed by atoms with van der Waals surface area (Å²) in [5.74, 6) is -1.27. The molecule has 0 aliphatic carbocycles. The highest BCUT2D eigenvalue weighted by Gasteiger charge is 2.23. The summed E-state index contributed by atoms with van der Waals surface area (Å²) in [5, 5.41) is 13.0. The lowest BCUT2D eigenvalue weighted by atomic mass is 9.98. The van der Waals surface area contributed by atoms with Gasteiger partial charge in [0.1, 0.15) is 6.61 Å². The second-order valence-electron chi connectivity index (χ2n) is 12.7. The molecule has 0 unspecified atom stereocenters. The van der Waals surface area contributed by atoms with Crippen molar-refractivity contribution in [2.45, 2.75) is 53.4 Å². The van der Waals surface area contributed by atoms with Crippen LogP contribution in [-0.4, -0.2) is 76.6 Å². The van der Waals surface area contributed by atoms with E-state index in [1.54, 1.807) is 0 Å². The van der Waals surface area contributed by atoms with Crippen LogP contribution in [0.1, 0.15) is 84.6 Å². The summed E-state index contributed by atoms with van der Waals surface area (Å²) >= 11 is 0. The van der Waals surface area contributed by atoms with E-state index in [0.29, 0.717) is 44.1 Å². The number of aliphatic carboxylic acids is 1. The lowest BCUT2D eigenvalue weighted by Gasteiger charge is -2.08. The Morgan fingerprint density at radius 1 is 0.755 bits per heavy atom. The zero-order chi connectivity index (χ0) is 38.1. The average Bonchev–Trinajstić information content (AvgIpc) is 3.79. The zero-order valence-electron chi connectivity index (χ0n) is 30.7. The second kappa shape index (κ2) is 17.6. The van der Waals surface area contributed by atoms with Gasteiger partial charge in [0.15, 0.2) is 0 Å². The van der Waals surface area contributed by atoms with Gasteiger partial charge in [-0.3, -0.25) is 9.59 Å². The summed E-state index contributed by atoms with van der Waals surface area (Å²) in [7, 11) is 0. The number of azide groups is 1. The van der Waals surface area contributed by atoms with Gasteiger partial charge in [0.25, 0.3) is 0 Å². The van der Waals surface area contributed by atoms with Crippen molar-refractivity contribution < 1.29 is 28.9 Å². The molecule has 0 saturated carbocycles. The molecule has 2 aliphatic rings. The minimum Gasteiger partial charge on any atom is -0.481 e. The number of esters is 1. The van der Waals surface area contributed by atoms with Crippen LogP contribution in [0.4, 0.5) is 0 Å². The van der Waals surface area contributed by atoms with Gasteiger partial charge in [-0.25, -0.2) is 9.97 Å². The fourth-order valence-corrected chi connectivity index (χ4v) is 6.52. The minimum atomic E-state index is -0.894. The topological polar surface area (TPSA) is 188 Å². The number of aromatic amines is 2. The third-order valence-electron chi connectivity index (χ3n) is 9.47. The van der Waals surface area contributed by atoms with Gasteiger partial charge >= 0.3 is 11.9 Å². The van der Waals surface area contributed by atoms with Crippen molar-refractivity contribution in [1.29, 1.82) is 0 Å². The smallest absolute Gasteiger partial charge is 0.306 e. The molecule has 276 valence electrons. The van der Waals surface area contributed by atoms with Gasteiger partial charge in [0.05, 0.1) is 49.2 Å². The van der Waals surface area contributed by atoms with Crippen LogP contribution in [-0.2, 0) is 23.8 Å². The van der Waals surface area contributed by atoms with Crippen LogP contribution in [0.25, 0.3) is 67.0 Å². The molecule has 0 spiro atoms. The first kappa shape index (κ1) is 38.5. The number of carbonyl (C=O) groups is 2. The third-order valence-corrected chi connectivity index (χ3v) is 9.47. The highest BCUT2D eigenvalue weighted by molar-refractivity contribution is 5.97. The number of hydrogen-bond donors (Lipinski definition) is 3. The Kier molecular flexibility index (Phi) is 12.8. The monoisotopic (exact) mass is 719 g/mol. The van der Waals surface area contributed by atoms with E-state index in [0.717, 1.165) is 78.0 Å². The van der Waals surface area contributed by atoms with E-state index in [4.69, 9.17) is 29.7 Å². The number of allylic oxidation sites excluding steroid dienone is 4. The Bertz CT molecular complexity index is 2220. The normalized spacial score (nSPS) is 12.5. The van der Waals surface area contributed by atoms with E-state index < -0.39 is 5.97 Å². The maximum Gasteiger partial charge on any atom is 0.306 e. The number of aromatic nitrogens is 4. The van der Waals surface area contributed by atoms with Crippen molar-refractivity contribution in [3.8, 4) is 0 Å². The number of H-pyrrole nitrogens is 2. The van der Waals surface area contributed by atoms with Crippen molar-refractivity contribution in [3.05, 3.63) is 92.9 Å². The summed E-state index contributed by atoms with van der Waals surface area (Å²) in [5.41, 5.74) is 22.0. The summed E-state index contributed by atoms with van der Waals surface area (Å²) < 4.78 is 16.2. The number of hydrogen-bond acceptors (Lipinski definition) is 8. The number of carbonyl (C=O) groups excluding carboxylic acids is 1. The highest BCUT2D eigenvalue weighted by Crippen LogP contribution is 2.38. The third kappa shape index (κ3) is 9.01. The molecule has 8 bridgehead atoms. The number of ether oxygens (including phenoxy) is 3. The Labute approximate surface area is 307 Å². The van der Waals surface area contributed by atoms with Crippen LogP contribution >= 0.6 is 0 Å². The Morgan fingerprint density at radius 3 is 1.83 bits per heavy atom. The number of nitrogens with one attached hydrogen (secondary N) is 2. The molecule has 13 nitrogen and oxygen atoms in total. The first-order valence-corrected chi connectivity index (χ1v) is 17.5. The lowest BCUT2D eigenvalue weighted by molar-refractivity contribution is -0.145. The lowest BCUT2D eigenvalue weighted by Crippen LogP contribution is -2.13. The molecule has 53 heavy (non-hydrogen) atoms. The van der Waals surface area contributed by atoms with Crippen molar-refractivity contribution in [3.63, 3.8) is 0 Å². The first-order chi connectivity index (χ1) is 25.6. The predicted octanol–water partition coefficient (Wildman–Crippen LogP) is 8.61. The molecular weight excluding hydrogens is 674 g/mol. The van der Waals surface area contributed by atoms with Crippen LogP contribution in [0, 0.1) is 13.8 Å². The molecule has 3 N–H and O–H groups in total. The number of rotatable bonds is 17. The van der Waals surface area contributed by atoms with Crippen LogP contribution in [0.5, 0.6) is 0 Å². The van der Waals surface area contributed by atoms with E-state index in [1.807, 2.05) is 58.0 Å². The summed E-state index contributed by atoms with van der Waals surface area (Å²) in [6.45, 7) is 17.7. The quantitative estimate of drug-likeness (QED) is 0.0406. The highest BCUT2D eigenvalue weighted by atomic mass is 16.6. The van der Waals surface area contributed by atoms with E-state index >= 15 is 0 Å². The van der Waals surface area contributed by atoms with Crippen LogP contribution < -0.4 is 0 Å². The molecule has 3 aromatic rings. The molecular formula is C40H45N7O6. The Hall–Kier alpha value is -5.75. The first-order valence-electron chi connectivity index (χ1n) is 17.5.